The van der Waals surface area contributed by atoms with E-state index in [4.69, 9.17) is 4.74 Å². The van der Waals surface area contributed by atoms with Gasteiger partial charge in [0.15, 0.2) is 0 Å². The zero-order chi connectivity index (χ0) is 13.0. The van der Waals surface area contributed by atoms with Crippen LogP contribution in [0.5, 0.6) is 0 Å². The summed E-state index contributed by atoms with van der Waals surface area (Å²) in [6, 6.07) is 0.0328. The van der Waals surface area contributed by atoms with E-state index >= 15 is 0 Å². The van der Waals surface area contributed by atoms with Gasteiger partial charge in [-0.15, -0.1) is 0 Å². The molecule has 1 N–H and O–H groups in total. The molecule has 1 unspecified atom stereocenters. The number of nitrogens with zero attached hydrogens (tertiary/aromatic N) is 1. The first kappa shape index (κ1) is 14.2. The van der Waals surface area contributed by atoms with Crippen LogP contribution in [0.15, 0.2) is 0 Å². The Kier molecular flexibility index (Phi) is 5.00. The van der Waals surface area contributed by atoms with E-state index in [0.29, 0.717) is 31.4 Å². The summed E-state index contributed by atoms with van der Waals surface area (Å²) < 4.78 is 32.0. The maximum atomic E-state index is 12.5. The van der Waals surface area contributed by atoms with Crippen molar-refractivity contribution >= 4 is 10.0 Å². The minimum Gasteiger partial charge on any atom is -0.378 e. The lowest BCUT2D eigenvalue weighted by atomic mass is 10.0. The van der Waals surface area contributed by atoms with Crippen molar-refractivity contribution in [2.45, 2.75) is 32.2 Å². The van der Waals surface area contributed by atoms with Crippen molar-refractivity contribution in [1.29, 1.82) is 0 Å². The number of nitrogens with one attached hydrogen (secondary N) is 1. The van der Waals surface area contributed by atoms with Gasteiger partial charge in [0.1, 0.15) is 0 Å². The lowest BCUT2D eigenvalue weighted by Gasteiger charge is -2.35. The molecule has 0 aromatic heterocycles. The largest absolute Gasteiger partial charge is 0.378 e. The number of hydrogen-bond donors (Lipinski definition) is 1. The van der Waals surface area contributed by atoms with Crippen LogP contribution in [-0.2, 0) is 14.8 Å². The molecule has 0 aliphatic carbocycles. The summed E-state index contributed by atoms with van der Waals surface area (Å²) in [6.45, 7) is 5.50. The lowest BCUT2D eigenvalue weighted by molar-refractivity contribution is 0.0312. The molecule has 5 nitrogen and oxygen atoms in total. The van der Waals surface area contributed by atoms with Crippen molar-refractivity contribution < 1.29 is 13.2 Å². The highest BCUT2D eigenvalue weighted by molar-refractivity contribution is 7.89. The van der Waals surface area contributed by atoms with Gasteiger partial charge in [-0.3, -0.25) is 0 Å². The van der Waals surface area contributed by atoms with Crippen molar-refractivity contribution in [3.8, 4) is 0 Å². The second-order valence-corrected chi connectivity index (χ2v) is 7.19. The summed E-state index contributed by atoms with van der Waals surface area (Å²) in [5, 5.41) is 3.27. The van der Waals surface area contributed by atoms with Crippen molar-refractivity contribution in [2.75, 3.05) is 38.6 Å². The Morgan fingerprint density at radius 3 is 2.72 bits per heavy atom. The Hall–Kier alpha value is -0.170. The Balaban J connectivity index is 1.99. The van der Waals surface area contributed by atoms with Crippen molar-refractivity contribution in [2.24, 2.45) is 5.92 Å². The van der Waals surface area contributed by atoms with Crippen LogP contribution < -0.4 is 5.32 Å². The molecule has 0 radical (unpaired) electrons. The summed E-state index contributed by atoms with van der Waals surface area (Å²) in [4.78, 5) is 0. The Labute approximate surface area is 110 Å². The zero-order valence-corrected chi connectivity index (χ0v) is 11.9. The van der Waals surface area contributed by atoms with Crippen LogP contribution >= 0.6 is 0 Å². The molecule has 2 aliphatic heterocycles. The van der Waals surface area contributed by atoms with Crippen LogP contribution in [0, 0.1) is 5.92 Å². The number of ether oxygens (including phenoxy) is 1. The van der Waals surface area contributed by atoms with E-state index in [-0.39, 0.29) is 6.04 Å². The number of morpholine rings is 1. The highest BCUT2D eigenvalue weighted by Gasteiger charge is 2.33. The molecule has 18 heavy (non-hydrogen) atoms. The average Bonchev–Trinajstić information content (AvgIpc) is 2.39. The van der Waals surface area contributed by atoms with Crippen LogP contribution in [0.3, 0.4) is 0 Å². The second kappa shape index (κ2) is 6.32. The molecule has 2 heterocycles. The molecule has 0 aromatic rings. The fraction of sp³-hybridized carbons (Fsp3) is 1.00. The van der Waals surface area contributed by atoms with E-state index in [1.807, 2.05) is 6.92 Å². The number of sulfonamides is 1. The lowest BCUT2D eigenvalue weighted by Crippen LogP contribution is -2.50. The van der Waals surface area contributed by atoms with Gasteiger partial charge < -0.3 is 10.1 Å². The summed E-state index contributed by atoms with van der Waals surface area (Å²) >= 11 is 0. The predicted octanol–water partition coefficient (Wildman–Crippen LogP) is 0.427. The van der Waals surface area contributed by atoms with Crippen LogP contribution in [0.1, 0.15) is 26.2 Å². The van der Waals surface area contributed by atoms with Crippen LogP contribution in [0.25, 0.3) is 0 Å². The normalized spacial score (nSPS) is 28.4. The van der Waals surface area contributed by atoms with E-state index in [9.17, 15) is 8.42 Å². The molecule has 1 atom stereocenters. The average molecular weight is 276 g/mol. The quantitative estimate of drug-likeness (QED) is 0.809. The molecule has 2 saturated heterocycles. The summed E-state index contributed by atoms with van der Waals surface area (Å²) in [5.74, 6) is 0.627. The van der Waals surface area contributed by atoms with Gasteiger partial charge in [0.2, 0.25) is 10.0 Å². The molecule has 0 spiro atoms. The van der Waals surface area contributed by atoms with E-state index in [1.165, 1.54) is 0 Å². The number of hydrogen-bond acceptors (Lipinski definition) is 4. The predicted molar refractivity (Wildman–Crippen MR) is 71.0 cm³/mol. The fourth-order valence-electron chi connectivity index (χ4n) is 2.77. The standard InChI is InChI=1S/C12H24N2O3S/c1-2-12-9-17-8-7-14(12)18(15,16)10-11-3-5-13-6-4-11/h11-13H,2-10H2,1H3. The van der Waals surface area contributed by atoms with E-state index in [0.717, 1.165) is 32.4 Å². The molecule has 0 aromatic carbocycles. The molecular formula is C12H24N2O3S. The van der Waals surface area contributed by atoms with Gasteiger partial charge in [0, 0.05) is 12.6 Å². The summed E-state index contributed by atoms with van der Waals surface area (Å²) in [5.41, 5.74) is 0. The molecule has 0 bridgehead atoms. The maximum absolute atomic E-state index is 12.5. The maximum Gasteiger partial charge on any atom is 0.214 e. The fourth-order valence-corrected chi connectivity index (χ4v) is 4.91. The molecule has 0 amide bonds. The molecule has 2 fully saturated rings. The van der Waals surface area contributed by atoms with Crippen molar-refractivity contribution in [3.63, 3.8) is 0 Å². The van der Waals surface area contributed by atoms with Crippen LogP contribution in [0.2, 0.25) is 0 Å². The molecule has 0 saturated carbocycles. The molecule has 2 aliphatic rings. The van der Waals surface area contributed by atoms with Gasteiger partial charge >= 0.3 is 0 Å². The molecule has 106 valence electrons. The minimum absolute atomic E-state index is 0.0328. The number of rotatable bonds is 4. The highest BCUT2D eigenvalue weighted by Crippen LogP contribution is 2.21. The monoisotopic (exact) mass is 276 g/mol. The van der Waals surface area contributed by atoms with Gasteiger partial charge in [-0.1, -0.05) is 6.92 Å². The first-order chi connectivity index (χ1) is 8.63. The zero-order valence-electron chi connectivity index (χ0n) is 11.1. The first-order valence-electron chi connectivity index (χ1n) is 6.91. The summed E-state index contributed by atoms with van der Waals surface area (Å²) in [7, 11) is -3.12. The number of piperidine rings is 1. The van der Waals surface area contributed by atoms with Gasteiger partial charge in [0.25, 0.3) is 0 Å². The Bertz CT molecular complexity index is 352. The third kappa shape index (κ3) is 3.44. The van der Waals surface area contributed by atoms with Crippen molar-refractivity contribution in [3.05, 3.63) is 0 Å². The van der Waals surface area contributed by atoms with Crippen LogP contribution in [0.4, 0.5) is 0 Å². The first-order valence-corrected chi connectivity index (χ1v) is 8.52. The third-order valence-electron chi connectivity index (χ3n) is 3.91. The smallest absolute Gasteiger partial charge is 0.214 e. The van der Waals surface area contributed by atoms with Crippen molar-refractivity contribution in [1.82, 2.24) is 9.62 Å². The van der Waals surface area contributed by atoms with Gasteiger partial charge in [-0.05, 0) is 38.3 Å². The van der Waals surface area contributed by atoms with Gasteiger partial charge in [0.05, 0.1) is 19.0 Å². The Morgan fingerprint density at radius 2 is 2.06 bits per heavy atom. The van der Waals surface area contributed by atoms with E-state index < -0.39 is 10.0 Å². The Morgan fingerprint density at radius 1 is 1.33 bits per heavy atom. The molecular weight excluding hydrogens is 252 g/mol. The molecule has 6 heteroatoms. The third-order valence-corrected chi connectivity index (χ3v) is 6.00. The van der Waals surface area contributed by atoms with Gasteiger partial charge in [-0.25, -0.2) is 8.42 Å². The summed E-state index contributed by atoms with van der Waals surface area (Å²) in [6.07, 6.45) is 2.77. The second-order valence-electron chi connectivity index (χ2n) is 5.22. The minimum atomic E-state index is -3.12. The highest BCUT2D eigenvalue weighted by atomic mass is 32.2. The van der Waals surface area contributed by atoms with E-state index in [1.54, 1.807) is 4.31 Å². The van der Waals surface area contributed by atoms with Gasteiger partial charge in [-0.2, -0.15) is 4.31 Å². The SMILES string of the molecule is CCC1COCCN1S(=O)(=O)CC1CCNCC1. The molecule has 2 rings (SSSR count). The van der Waals surface area contributed by atoms with Crippen LogP contribution in [-0.4, -0.2) is 57.4 Å². The topological polar surface area (TPSA) is 58.6 Å². The van der Waals surface area contributed by atoms with E-state index in [2.05, 4.69) is 5.32 Å².